The molecule has 1 fully saturated rings. The summed E-state index contributed by atoms with van der Waals surface area (Å²) in [6, 6.07) is 7.78. The van der Waals surface area contributed by atoms with E-state index in [1.54, 1.807) is 6.07 Å². The van der Waals surface area contributed by atoms with Crippen LogP contribution < -0.4 is 10.2 Å². The highest BCUT2D eigenvalue weighted by Crippen LogP contribution is 2.33. The van der Waals surface area contributed by atoms with Gasteiger partial charge in [-0.05, 0) is 89.3 Å². The van der Waals surface area contributed by atoms with Gasteiger partial charge in [0.05, 0.1) is 6.61 Å². The van der Waals surface area contributed by atoms with Gasteiger partial charge in [0.15, 0.2) is 5.43 Å². The van der Waals surface area contributed by atoms with E-state index in [1.807, 2.05) is 26.0 Å². The minimum absolute atomic E-state index is 0.0189. The van der Waals surface area contributed by atoms with Crippen LogP contribution in [0.1, 0.15) is 66.6 Å². The maximum Gasteiger partial charge on any atom is 0.185 e. The van der Waals surface area contributed by atoms with Crippen molar-refractivity contribution in [2.75, 3.05) is 6.61 Å². The fourth-order valence-electron chi connectivity index (χ4n) is 4.62. The first kappa shape index (κ1) is 22.3. The molecule has 1 heterocycles. The largest absolute Gasteiger partial charge is 0.493 e. The number of hydrogen-bond donors (Lipinski definition) is 1. The van der Waals surface area contributed by atoms with Crippen molar-refractivity contribution in [2.45, 2.75) is 72.6 Å². The average molecular weight is 410 g/mol. The number of Topliss-reactive ketones (excluding diaryl/α,β-unsaturated/α-hetero) is 1. The van der Waals surface area contributed by atoms with Crippen molar-refractivity contribution in [2.24, 2.45) is 11.8 Å². The zero-order valence-corrected chi connectivity index (χ0v) is 18.8. The molecule has 1 aliphatic carbocycles. The van der Waals surface area contributed by atoms with Crippen LogP contribution in [0.4, 0.5) is 0 Å². The summed E-state index contributed by atoms with van der Waals surface area (Å²) >= 11 is 0. The van der Waals surface area contributed by atoms with E-state index in [2.05, 4.69) is 24.9 Å². The zero-order chi connectivity index (χ0) is 21.7. The molecule has 0 atom stereocenters. The number of H-pyrrole nitrogens is 1. The smallest absolute Gasteiger partial charge is 0.185 e. The molecular formula is C26H35NO3. The van der Waals surface area contributed by atoms with Gasteiger partial charge in [0.25, 0.3) is 0 Å². The van der Waals surface area contributed by atoms with Crippen LogP contribution in [0.25, 0.3) is 0 Å². The predicted molar refractivity (Wildman–Crippen MR) is 121 cm³/mol. The summed E-state index contributed by atoms with van der Waals surface area (Å²) in [5.41, 5.74) is 4.77. The lowest BCUT2D eigenvalue weighted by molar-refractivity contribution is -0.123. The molecule has 0 saturated heterocycles. The Balaban J connectivity index is 1.41. The van der Waals surface area contributed by atoms with E-state index in [0.29, 0.717) is 11.5 Å². The first-order valence-electron chi connectivity index (χ1n) is 11.3. The lowest BCUT2D eigenvalue weighted by Crippen LogP contribution is -2.26. The Morgan fingerprint density at radius 1 is 1.10 bits per heavy atom. The molecule has 30 heavy (non-hydrogen) atoms. The van der Waals surface area contributed by atoms with Crippen LogP contribution in [0.5, 0.6) is 5.75 Å². The number of pyridine rings is 1. The van der Waals surface area contributed by atoms with Crippen LogP contribution in [-0.2, 0) is 11.2 Å². The van der Waals surface area contributed by atoms with Crippen molar-refractivity contribution < 1.29 is 9.53 Å². The van der Waals surface area contributed by atoms with Crippen LogP contribution in [-0.4, -0.2) is 17.4 Å². The van der Waals surface area contributed by atoms with E-state index in [4.69, 9.17) is 4.74 Å². The van der Waals surface area contributed by atoms with Gasteiger partial charge in [-0.2, -0.15) is 0 Å². The number of aromatic nitrogens is 1. The van der Waals surface area contributed by atoms with Gasteiger partial charge in [-0.3, -0.25) is 9.59 Å². The molecule has 0 aliphatic heterocycles. The first-order valence-corrected chi connectivity index (χ1v) is 11.3. The SMILES string of the molecule is Cc1cc(=O)c(CC(=O)C2CCC(CCCOc3cccc(C)c3C)CC2)c(C)[nH]1. The fourth-order valence-corrected chi connectivity index (χ4v) is 4.62. The number of carbonyl (C=O) groups excluding carboxylic acids is 1. The third-order valence-corrected chi connectivity index (χ3v) is 6.70. The number of aromatic amines is 1. The predicted octanol–water partition coefficient (Wildman–Crippen LogP) is 5.39. The quantitative estimate of drug-likeness (QED) is 0.595. The van der Waals surface area contributed by atoms with Gasteiger partial charge in [0.1, 0.15) is 11.5 Å². The maximum atomic E-state index is 12.8. The topological polar surface area (TPSA) is 59.2 Å². The molecule has 2 aromatic rings. The fraction of sp³-hybridized carbons (Fsp3) is 0.538. The summed E-state index contributed by atoms with van der Waals surface area (Å²) in [6.07, 6.45) is 6.57. The summed E-state index contributed by atoms with van der Waals surface area (Å²) < 4.78 is 5.98. The molecule has 0 spiro atoms. The number of benzene rings is 1. The van der Waals surface area contributed by atoms with E-state index in [-0.39, 0.29) is 23.6 Å². The van der Waals surface area contributed by atoms with Crippen LogP contribution in [0, 0.1) is 39.5 Å². The summed E-state index contributed by atoms with van der Waals surface area (Å²) in [5, 5.41) is 0. The minimum Gasteiger partial charge on any atom is -0.493 e. The van der Waals surface area contributed by atoms with Gasteiger partial charge in [0, 0.05) is 35.4 Å². The zero-order valence-electron chi connectivity index (χ0n) is 18.8. The van der Waals surface area contributed by atoms with Gasteiger partial charge in [0.2, 0.25) is 0 Å². The number of hydrogen-bond acceptors (Lipinski definition) is 3. The lowest BCUT2D eigenvalue weighted by atomic mass is 9.77. The van der Waals surface area contributed by atoms with Gasteiger partial charge in [-0.25, -0.2) is 0 Å². The second kappa shape index (κ2) is 10.1. The number of carbonyl (C=O) groups is 1. The highest BCUT2D eigenvalue weighted by Gasteiger charge is 2.26. The number of ketones is 1. The molecule has 4 nitrogen and oxygen atoms in total. The molecule has 1 aromatic heterocycles. The van der Waals surface area contributed by atoms with Crippen molar-refractivity contribution in [3.63, 3.8) is 0 Å². The summed E-state index contributed by atoms with van der Waals surface area (Å²) in [5.74, 6) is 2.00. The van der Waals surface area contributed by atoms with Crippen molar-refractivity contribution >= 4 is 5.78 Å². The number of nitrogens with one attached hydrogen (secondary N) is 1. The van der Waals surface area contributed by atoms with Gasteiger partial charge in [-0.1, -0.05) is 12.1 Å². The molecule has 0 radical (unpaired) electrons. The Kier molecular flexibility index (Phi) is 7.52. The van der Waals surface area contributed by atoms with Crippen LogP contribution in [0.3, 0.4) is 0 Å². The standard InChI is InChI=1S/C26H35NO3/c1-17-7-5-9-26(19(17)3)30-14-6-8-21-10-12-22(13-11-21)24(28)16-23-20(4)27-18(2)15-25(23)29/h5,7,9,15,21-22H,6,8,10-14,16H2,1-4H3,(H,27,29). The minimum atomic E-state index is -0.0189. The van der Waals surface area contributed by atoms with Crippen molar-refractivity contribution in [3.05, 3.63) is 62.6 Å². The molecule has 1 aliphatic rings. The van der Waals surface area contributed by atoms with Crippen molar-refractivity contribution in [1.29, 1.82) is 0 Å². The third-order valence-electron chi connectivity index (χ3n) is 6.70. The molecule has 1 aromatic carbocycles. The monoisotopic (exact) mass is 409 g/mol. The highest BCUT2D eigenvalue weighted by atomic mass is 16.5. The number of rotatable bonds is 8. The molecule has 4 heteroatoms. The first-order chi connectivity index (χ1) is 14.3. The number of aryl methyl sites for hydroxylation is 3. The van der Waals surface area contributed by atoms with E-state index < -0.39 is 0 Å². The number of ether oxygens (including phenoxy) is 1. The third kappa shape index (κ3) is 5.62. The Hall–Kier alpha value is -2.36. The summed E-state index contributed by atoms with van der Waals surface area (Å²) in [7, 11) is 0. The van der Waals surface area contributed by atoms with Crippen molar-refractivity contribution in [3.8, 4) is 5.75 Å². The van der Waals surface area contributed by atoms with Gasteiger partial charge in [-0.15, -0.1) is 0 Å². The van der Waals surface area contributed by atoms with E-state index >= 15 is 0 Å². The second-order valence-corrected chi connectivity index (χ2v) is 8.97. The normalized spacial score (nSPS) is 18.9. The maximum absolute atomic E-state index is 12.8. The van der Waals surface area contributed by atoms with Crippen LogP contribution in [0.2, 0.25) is 0 Å². The Bertz CT molecular complexity index is 936. The molecule has 0 unspecified atom stereocenters. The Morgan fingerprint density at radius 2 is 1.83 bits per heavy atom. The molecule has 3 rings (SSSR count). The van der Waals surface area contributed by atoms with Crippen molar-refractivity contribution in [1.82, 2.24) is 4.98 Å². The summed E-state index contributed by atoms with van der Waals surface area (Å²) in [4.78, 5) is 28.2. The molecule has 0 bridgehead atoms. The van der Waals surface area contributed by atoms with E-state index in [0.717, 1.165) is 62.3 Å². The van der Waals surface area contributed by atoms with Gasteiger partial charge >= 0.3 is 0 Å². The molecule has 1 saturated carbocycles. The molecule has 1 N–H and O–H groups in total. The Labute approximate surface area is 180 Å². The molecule has 0 amide bonds. The second-order valence-electron chi connectivity index (χ2n) is 8.97. The van der Waals surface area contributed by atoms with E-state index in [9.17, 15) is 9.59 Å². The molecule has 162 valence electrons. The lowest BCUT2D eigenvalue weighted by Gasteiger charge is -2.27. The van der Waals surface area contributed by atoms with Gasteiger partial charge < -0.3 is 9.72 Å². The average Bonchev–Trinajstić information content (AvgIpc) is 2.71. The molecular weight excluding hydrogens is 374 g/mol. The summed E-state index contributed by atoms with van der Waals surface area (Å²) in [6.45, 7) is 8.72. The van der Waals surface area contributed by atoms with E-state index in [1.165, 1.54) is 11.1 Å². The van der Waals surface area contributed by atoms with Crippen LogP contribution >= 0.6 is 0 Å². The van der Waals surface area contributed by atoms with Crippen LogP contribution in [0.15, 0.2) is 29.1 Å². The Morgan fingerprint density at radius 3 is 2.53 bits per heavy atom. The highest BCUT2D eigenvalue weighted by molar-refractivity contribution is 5.83.